The molecule has 0 saturated carbocycles. The lowest BCUT2D eigenvalue weighted by Gasteiger charge is -2.14. The molecule has 1 saturated heterocycles. The minimum atomic E-state index is -0.183. The number of carbonyl (C=O) groups excluding carboxylic acids is 1. The molecule has 0 aromatic carbocycles. The minimum absolute atomic E-state index is 0.183. The van der Waals surface area contributed by atoms with E-state index in [4.69, 9.17) is 4.74 Å². The summed E-state index contributed by atoms with van der Waals surface area (Å²) >= 11 is 0. The van der Waals surface area contributed by atoms with E-state index in [-0.39, 0.29) is 12.1 Å². The molecule has 1 aliphatic rings. The van der Waals surface area contributed by atoms with Gasteiger partial charge in [-0.3, -0.25) is 4.90 Å². The number of rotatable bonds is 25. The zero-order valence-corrected chi connectivity index (χ0v) is 23.2. The monoisotopic (exact) mass is 477 g/mol. The van der Waals surface area contributed by atoms with Gasteiger partial charge in [0.2, 0.25) is 0 Å². The Labute approximate surface area is 213 Å². The maximum atomic E-state index is 11.7. The maximum absolute atomic E-state index is 11.7. The van der Waals surface area contributed by atoms with Crippen molar-refractivity contribution in [3.05, 3.63) is 12.3 Å². The van der Waals surface area contributed by atoms with E-state index in [2.05, 4.69) is 19.9 Å². The van der Waals surface area contributed by atoms with Crippen LogP contribution in [-0.4, -0.2) is 23.6 Å². The maximum Gasteiger partial charge on any atom is 0.414 e. The lowest BCUT2D eigenvalue weighted by Crippen LogP contribution is -2.27. The zero-order valence-electron chi connectivity index (χ0n) is 23.2. The number of hydrogen-bond donors (Lipinski definition) is 0. The van der Waals surface area contributed by atoms with E-state index in [9.17, 15) is 4.79 Å². The Balaban J connectivity index is 1.71. The second-order valence-corrected chi connectivity index (χ2v) is 10.6. The Hall–Kier alpha value is -0.990. The molecule has 34 heavy (non-hydrogen) atoms. The SMILES string of the molecule is CCCCCCCCCCCCCCCCCCCCCCCC/C=C/N1C(=O)OC[C@H]1CC. The standard InChI is InChI=1S/C31H59NO2/c1-3-5-6-7-8-9-10-11-12-13-14-15-16-17-18-19-20-21-22-23-24-25-26-27-28-32-30(4-2)29-34-31(32)33/h27-28,30H,3-26,29H2,1-2H3/b28-27+/t30-/m1/s1. The molecule has 0 spiro atoms. The van der Waals surface area contributed by atoms with Crippen LogP contribution >= 0.6 is 0 Å². The summed E-state index contributed by atoms with van der Waals surface area (Å²) < 4.78 is 5.11. The summed E-state index contributed by atoms with van der Waals surface area (Å²) in [5, 5.41) is 0. The Morgan fingerprint density at radius 3 is 1.41 bits per heavy atom. The Bertz CT molecular complexity index is 476. The Morgan fingerprint density at radius 2 is 1.03 bits per heavy atom. The highest BCUT2D eigenvalue weighted by atomic mass is 16.6. The van der Waals surface area contributed by atoms with Gasteiger partial charge in [0.05, 0.1) is 6.04 Å². The predicted molar refractivity (Wildman–Crippen MR) is 148 cm³/mol. The van der Waals surface area contributed by atoms with Gasteiger partial charge in [-0.1, -0.05) is 155 Å². The number of carbonyl (C=O) groups is 1. The fourth-order valence-electron chi connectivity index (χ4n) is 5.03. The molecule has 200 valence electrons. The molecule has 0 bridgehead atoms. The first kappa shape index (κ1) is 31.0. The molecule has 1 aliphatic heterocycles. The number of ether oxygens (including phenoxy) is 1. The number of amides is 1. The number of hydrogen-bond acceptors (Lipinski definition) is 2. The normalized spacial score (nSPS) is 16.1. The number of unbranched alkanes of at least 4 members (excludes halogenated alkanes) is 22. The van der Waals surface area contributed by atoms with Crippen molar-refractivity contribution in [2.45, 2.75) is 174 Å². The number of nitrogens with zero attached hydrogens (tertiary/aromatic N) is 1. The van der Waals surface area contributed by atoms with Crippen LogP contribution in [0.15, 0.2) is 12.3 Å². The van der Waals surface area contributed by atoms with Gasteiger partial charge in [0.15, 0.2) is 0 Å². The highest BCUT2D eigenvalue weighted by Gasteiger charge is 2.29. The van der Waals surface area contributed by atoms with Crippen LogP contribution in [-0.2, 0) is 4.74 Å². The van der Waals surface area contributed by atoms with Gasteiger partial charge >= 0.3 is 6.09 Å². The summed E-state index contributed by atoms with van der Waals surface area (Å²) in [6.07, 6.45) is 37.3. The fourth-order valence-corrected chi connectivity index (χ4v) is 5.03. The van der Waals surface area contributed by atoms with Crippen molar-refractivity contribution >= 4 is 6.09 Å². The third kappa shape index (κ3) is 17.4. The molecule has 1 atom stereocenters. The van der Waals surface area contributed by atoms with E-state index < -0.39 is 0 Å². The highest BCUT2D eigenvalue weighted by molar-refractivity contribution is 5.71. The van der Waals surface area contributed by atoms with Crippen molar-refractivity contribution in [1.29, 1.82) is 0 Å². The van der Waals surface area contributed by atoms with Crippen molar-refractivity contribution in [2.24, 2.45) is 0 Å². The van der Waals surface area contributed by atoms with Gasteiger partial charge in [0.25, 0.3) is 0 Å². The van der Waals surface area contributed by atoms with Gasteiger partial charge in [0.1, 0.15) is 6.61 Å². The van der Waals surface area contributed by atoms with Crippen LogP contribution in [0.25, 0.3) is 0 Å². The van der Waals surface area contributed by atoms with Crippen LogP contribution < -0.4 is 0 Å². The quantitative estimate of drug-likeness (QED) is 0.122. The van der Waals surface area contributed by atoms with E-state index in [0.717, 1.165) is 12.8 Å². The first-order valence-electron chi connectivity index (χ1n) is 15.4. The number of allylic oxidation sites excluding steroid dienone is 1. The van der Waals surface area contributed by atoms with Gasteiger partial charge in [-0.15, -0.1) is 0 Å². The Kier molecular flexibility index (Phi) is 21.7. The summed E-state index contributed by atoms with van der Waals surface area (Å²) in [7, 11) is 0. The van der Waals surface area contributed by atoms with Crippen LogP contribution in [0.2, 0.25) is 0 Å². The second-order valence-electron chi connectivity index (χ2n) is 10.6. The van der Waals surface area contributed by atoms with Crippen molar-refractivity contribution < 1.29 is 9.53 Å². The molecular formula is C31H59NO2. The highest BCUT2D eigenvalue weighted by Crippen LogP contribution is 2.17. The van der Waals surface area contributed by atoms with Crippen molar-refractivity contribution in [3.8, 4) is 0 Å². The minimum Gasteiger partial charge on any atom is -0.447 e. The molecule has 1 amide bonds. The fraction of sp³-hybridized carbons (Fsp3) is 0.903. The van der Waals surface area contributed by atoms with E-state index in [1.807, 2.05) is 6.20 Å². The van der Waals surface area contributed by atoms with Gasteiger partial charge < -0.3 is 4.74 Å². The zero-order chi connectivity index (χ0) is 24.5. The van der Waals surface area contributed by atoms with Crippen molar-refractivity contribution in [2.75, 3.05) is 6.61 Å². The molecule has 0 aliphatic carbocycles. The van der Waals surface area contributed by atoms with Gasteiger partial charge in [-0.25, -0.2) is 4.79 Å². The molecule has 0 aromatic heterocycles. The molecular weight excluding hydrogens is 418 g/mol. The van der Waals surface area contributed by atoms with Crippen LogP contribution in [0.4, 0.5) is 4.79 Å². The van der Waals surface area contributed by atoms with Crippen LogP contribution in [0, 0.1) is 0 Å². The van der Waals surface area contributed by atoms with Gasteiger partial charge in [-0.2, -0.15) is 0 Å². The van der Waals surface area contributed by atoms with Crippen LogP contribution in [0.1, 0.15) is 168 Å². The molecule has 0 unspecified atom stereocenters. The summed E-state index contributed by atoms with van der Waals surface area (Å²) in [5.74, 6) is 0. The summed E-state index contributed by atoms with van der Waals surface area (Å²) in [6, 6.07) is 0.230. The summed E-state index contributed by atoms with van der Waals surface area (Å²) in [5.41, 5.74) is 0. The molecule has 0 radical (unpaired) electrons. The van der Waals surface area contributed by atoms with E-state index >= 15 is 0 Å². The third-order valence-corrected chi connectivity index (χ3v) is 7.47. The van der Waals surface area contributed by atoms with E-state index in [1.165, 1.54) is 141 Å². The molecule has 1 rings (SSSR count). The molecule has 0 N–H and O–H groups in total. The van der Waals surface area contributed by atoms with Gasteiger partial charge in [0, 0.05) is 6.20 Å². The van der Waals surface area contributed by atoms with Gasteiger partial charge in [-0.05, 0) is 19.3 Å². The molecule has 3 heteroatoms. The van der Waals surface area contributed by atoms with Crippen LogP contribution in [0.5, 0.6) is 0 Å². The summed E-state index contributed by atoms with van der Waals surface area (Å²) in [6.45, 7) is 4.94. The molecule has 1 fully saturated rings. The smallest absolute Gasteiger partial charge is 0.414 e. The third-order valence-electron chi connectivity index (χ3n) is 7.47. The van der Waals surface area contributed by atoms with E-state index in [1.54, 1.807) is 4.90 Å². The number of cyclic esters (lactones) is 1. The average molecular weight is 478 g/mol. The lowest BCUT2D eigenvalue weighted by atomic mass is 10.0. The molecule has 0 aromatic rings. The largest absolute Gasteiger partial charge is 0.447 e. The van der Waals surface area contributed by atoms with Crippen LogP contribution in [0.3, 0.4) is 0 Å². The van der Waals surface area contributed by atoms with E-state index in [0.29, 0.717) is 6.61 Å². The predicted octanol–water partition coefficient (Wildman–Crippen LogP) is 10.7. The first-order valence-corrected chi connectivity index (χ1v) is 15.4. The second kappa shape index (κ2) is 23.7. The summed E-state index contributed by atoms with van der Waals surface area (Å²) in [4.78, 5) is 13.4. The molecule has 1 heterocycles. The average Bonchev–Trinajstić information content (AvgIpc) is 3.21. The lowest BCUT2D eigenvalue weighted by molar-refractivity contribution is 0.166. The Morgan fingerprint density at radius 1 is 0.647 bits per heavy atom. The molecule has 3 nitrogen and oxygen atoms in total. The first-order chi connectivity index (χ1) is 16.8. The topological polar surface area (TPSA) is 29.5 Å². The van der Waals surface area contributed by atoms with Crippen molar-refractivity contribution in [3.63, 3.8) is 0 Å². The van der Waals surface area contributed by atoms with Crippen molar-refractivity contribution in [1.82, 2.24) is 4.90 Å².